The molecule has 2 aromatic carbocycles. The maximum Gasteiger partial charge on any atom is 0.251 e. The van der Waals surface area contributed by atoms with Crippen molar-refractivity contribution in [3.63, 3.8) is 0 Å². The van der Waals surface area contributed by atoms with Crippen LogP contribution in [0.3, 0.4) is 0 Å². The molecule has 3 aromatic rings. The Bertz CT molecular complexity index is 1210. The molecular weight excluding hydrogens is 440 g/mol. The number of nitrogens with zero attached hydrogens (tertiary/aromatic N) is 3. The molecule has 0 bridgehead atoms. The fourth-order valence-electron chi connectivity index (χ4n) is 3.01. The van der Waals surface area contributed by atoms with Crippen molar-refractivity contribution in [1.82, 2.24) is 15.3 Å². The van der Waals surface area contributed by atoms with Crippen molar-refractivity contribution in [2.75, 3.05) is 19.4 Å². The van der Waals surface area contributed by atoms with Crippen molar-refractivity contribution in [2.45, 2.75) is 13.5 Å². The van der Waals surface area contributed by atoms with E-state index in [4.69, 9.17) is 4.74 Å². The fraction of sp³-hybridized carbons (Fsp3) is 0.160. The molecule has 34 heavy (non-hydrogen) atoms. The van der Waals surface area contributed by atoms with Crippen LogP contribution in [0.25, 0.3) is 0 Å². The summed E-state index contributed by atoms with van der Waals surface area (Å²) in [5.41, 5.74) is 1.87. The Labute approximate surface area is 196 Å². The third-order valence-corrected chi connectivity index (χ3v) is 4.60. The Morgan fingerprint density at radius 2 is 1.91 bits per heavy atom. The topological polar surface area (TPSA) is 78.8 Å². The van der Waals surface area contributed by atoms with Gasteiger partial charge in [-0.3, -0.25) is 4.79 Å². The fourth-order valence-corrected chi connectivity index (χ4v) is 3.01. The number of nitrogens with one attached hydrogen (secondary N) is 2. The quantitative estimate of drug-likeness (QED) is 0.348. The van der Waals surface area contributed by atoms with Gasteiger partial charge in [0.2, 0.25) is 0 Å². The number of rotatable bonds is 9. The molecule has 0 fully saturated rings. The lowest BCUT2D eigenvalue weighted by molar-refractivity contribution is 0.0950. The predicted octanol–water partition coefficient (Wildman–Crippen LogP) is 4.86. The van der Waals surface area contributed by atoms with Gasteiger partial charge < -0.3 is 20.4 Å². The Morgan fingerprint density at radius 3 is 2.62 bits per heavy atom. The Hall–Kier alpha value is -4.27. The molecule has 0 saturated carbocycles. The van der Waals surface area contributed by atoms with Gasteiger partial charge in [0, 0.05) is 50.1 Å². The summed E-state index contributed by atoms with van der Waals surface area (Å²) in [5.74, 6) is -0.283. The van der Waals surface area contributed by atoms with Gasteiger partial charge in [-0.2, -0.15) is 5.10 Å². The van der Waals surface area contributed by atoms with Crippen molar-refractivity contribution < 1.29 is 18.3 Å². The van der Waals surface area contributed by atoms with Crippen LogP contribution in [0.15, 0.2) is 72.1 Å². The number of benzene rings is 2. The van der Waals surface area contributed by atoms with Gasteiger partial charge in [0.15, 0.2) is 0 Å². The largest absolute Gasteiger partial charge is 0.457 e. The van der Waals surface area contributed by atoms with E-state index in [0.717, 1.165) is 6.07 Å². The first-order chi connectivity index (χ1) is 16.2. The summed E-state index contributed by atoms with van der Waals surface area (Å²) >= 11 is 0. The molecule has 9 heteroatoms. The number of carbonyl (C=O) groups excluding carboxylic acids is 1. The summed E-state index contributed by atoms with van der Waals surface area (Å²) in [6.07, 6.45) is 3.15. The van der Waals surface area contributed by atoms with Crippen LogP contribution >= 0.6 is 0 Å². The SMILES string of the molecule is C=C(/C=N\N(C)C)Nc1cc(Oc2cccc(C(=O)NCc3cc(F)cc(F)c3)c2C)ccn1. The number of anilines is 1. The highest BCUT2D eigenvalue weighted by Gasteiger charge is 2.14. The minimum Gasteiger partial charge on any atom is -0.457 e. The number of amides is 1. The zero-order chi connectivity index (χ0) is 24.7. The van der Waals surface area contributed by atoms with Crippen LogP contribution in [-0.2, 0) is 6.54 Å². The van der Waals surface area contributed by atoms with E-state index in [1.807, 2.05) is 0 Å². The van der Waals surface area contributed by atoms with E-state index in [0.29, 0.717) is 39.7 Å². The van der Waals surface area contributed by atoms with Crippen LogP contribution in [0.4, 0.5) is 14.6 Å². The third-order valence-electron chi connectivity index (χ3n) is 4.60. The lowest BCUT2D eigenvalue weighted by atomic mass is 10.1. The predicted molar refractivity (Wildman–Crippen MR) is 128 cm³/mol. The molecule has 0 spiro atoms. The minimum atomic E-state index is -0.699. The number of pyridine rings is 1. The van der Waals surface area contributed by atoms with Crippen LogP contribution in [0, 0.1) is 18.6 Å². The van der Waals surface area contributed by atoms with E-state index in [2.05, 4.69) is 27.3 Å². The van der Waals surface area contributed by atoms with Gasteiger partial charge in [-0.1, -0.05) is 12.6 Å². The molecule has 1 aromatic heterocycles. The highest BCUT2D eigenvalue weighted by Crippen LogP contribution is 2.28. The summed E-state index contributed by atoms with van der Waals surface area (Å²) < 4.78 is 32.7. The van der Waals surface area contributed by atoms with Crippen LogP contribution in [0.5, 0.6) is 11.5 Å². The number of hydrogen-bond acceptors (Lipinski definition) is 6. The molecule has 0 aliphatic carbocycles. The normalized spacial score (nSPS) is 10.7. The van der Waals surface area contributed by atoms with Crippen LogP contribution in [-0.4, -0.2) is 36.2 Å². The first-order valence-corrected chi connectivity index (χ1v) is 10.3. The van der Waals surface area contributed by atoms with Gasteiger partial charge >= 0.3 is 0 Å². The highest BCUT2D eigenvalue weighted by molar-refractivity contribution is 5.96. The first kappa shape index (κ1) is 24.4. The molecule has 0 radical (unpaired) electrons. The molecule has 0 aliphatic heterocycles. The molecule has 1 heterocycles. The zero-order valence-corrected chi connectivity index (χ0v) is 19.1. The molecule has 0 saturated heterocycles. The maximum absolute atomic E-state index is 13.4. The second kappa shape index (κ2) is 11.0. The van der Waals surface area contributed by atoms with E-state index in [1.165, 1.54) is 12.1 Å². The monoisotopic (exact) mass is 465 g/mol. The Kier molecular flexibility index (Phi) is 7.92. The van der Waals surface area contributed by atoms with Gasteiger partial charge in [-0.25, -0.2) is 13.8 Å². The lowest BCUT2D eigenvalue weighted by Gasteiger charge is -2.14. The second-order valence-electron chi connectivity index (χ2n) is 7.61. The van der Waals surface area contributed by atoms with Crippen molar-refractivity contribution >= 4 is 17.9 Å². The first-order valence-electron chi connectivity index (χ1n) is 10.3. The molecule has 0 aliphatic rings. The smallest absolute Gasteiger partial charge is 0.251 e. The number of carbonyl (C=O) groups is 1. The maximum atomic E-state index is 13.4. The summed E-state index contributed by atoms with van der Waals surface area (Å²) in [6, 6.07) is 11.6. The molecule has 176 valence electrons. The highest BCUT2D eigenvalue weighted by atomic mass is 19.1. The second-order valence-corrected chi connectivity index (χ2v) is 7.61. The number of ether oxygens (including phenoxy) is 1. The van der Waals surface area contributed by atoms with Gasteiger partial charge in [0.25, 0.3) is 5.91 Å². The molecular formula is C25H25F2N5O2. The molecule has 0 atom stereocenters. The Morgan fingerprint density at radius 1 is 1.18 bits per heavy atom. The summed E-state index contributed by atoms with van der Waals surface area (Å²) in [4.78, 5) is 16.9. The minimum absolute atomic E-state index is 0.0154. The Balaban J connectivity index is 1.70. The average Bonchev–Trinajstić information content (AvgIpc) is 2.77. The van der Waals surface area contributed by atoms with Crippen LogP contribution in [0.1, 0.15) is 21.5 Å². The van der Waals surface area contributed by atoms with E-state index in [1.54, 1.807) is 68.8 Å². The number of hydrazone groups is 1. The van der Waals surface area contributed by atoms with Gasteiger partial charge in [-0.05, 0) is 42.8 Å². The summed E-state index contributed by atoms with van der Waals surface area (Å²) in [6.45, 7) is 5.62. The lowest BCUT2D eigenvalue weighted by Crippen LogP contribution is -2.23. The molecule has 1 amide bonds. The van der Waals surface area contributed by atoms with E-state index in [-0.39, 0.29) is 12.5 Å². The number of halogens is 2. The summed E-state index contributed by atoms with van der Waals surface area (Å²) in [7, 11) is 3.60. The van der Waals surface area contributed by atoms with Crippen molar-refractivity contribution in [3.05, 3.63) is 95.3 Å². The molecule has 0 unspecified atom stereocenters. The zero-order valence-electron chi connectivity index (χ0n) is 19.1. The third kappa shape index (κ3) is 6.86. The number of aromatic nitrogens is 1. The van der Waals surface area contributed by atoms with Crippen molar-refractivity contribution in [2.24, 2.45) is 5.10 Å². The van der Waals surface area contributed by atoms with E-state index < -0.39 is 11.6 Å². The molecule has 3 rings (SSSR count). The molecule has 2 N–H and O–H groups in total. The van der Waals surface area contributed by atoms with E-state index >= 15 is 0 Å². The van der Waals surface area contributed by atoms with Crippen molar-refractivity contribution in [1.29, 1.82) is 0 Å². The number of hydrogen-bond donors (Lipinski definition) is 2. The van der Waals surface area contributed by atoms with E-state index in [9.17, 15) is 13.6 Å². The van der Waals surface area contributed by atoms with Crippen LogP contribution < -0.4 is 15.4 Å². The van der Waals surface area contributed by atoms with Gasteiger partial charge in [0.05, 0.1) is 11.9 Å². The number of allylic oxidation sites excluding steroid dienone is 1. The van der Waals surface area contributed by atoms with Gasteiger partial charge in [0.1, 0.15) is 29.0 Å². The van der Waals surface area contributed by atoms with Crippen molar-refractivity contribution in [3.8, 4) is 11.5 Å². The summed E-state index contributed by atoms with van der Waals surface area (Å²) in [5, 5.41) is 11.5. The van der Waals surface area contributed by atoms with Gasteiger partial charge in [-0.15, -0.1) is 0 Å². The standard InChI is InChI=1S/C25H25F2N5O2/c1-16(14-30-32(3)4)31-24-13-21(8-9-28-24)34-23-7-5-6-22(17(23)2)25(33)29-15-18-10-19(26)12-20(27)11-18/h5-14H,1,15H2,2-4H3,(H,28,31)(H,29,33)/b30-14-. The molecule has 7 nitrogen and oxygen atoms in total. The van der Waals surface area contributed by atoms with Crippen LogP contribution in [0.2, 0.25) is 0 Å². The average molecular weight is 466 g/mol.